The molecule has 0 aliphatic heterocycles. The fourth-order valence-corrected chi connectivity index (χ4v) is 2.08. The normalized spacial score (nSPS) is 11.6. The van der Waals surface area contributed by atoms with Crippen molar-refractivity contribution in [2.75, 3.05) is 10.6 Å². The molecule has 2 N–H and O–H groups in total. The third-order valence-corrected chi connectivity index (χ3v) is 3.36. The van der Waals surface area contributed by atoms with E-state index in [1.54, 1.807) is 6.07 Å². The van der Waals surface area contributed by atoms with Gasteiger partial charge in [-0.2, -0.15) is 18.4 Å². The number of carbonyl (C=O) groups is 1. The molecule has 2 rings (SSSR count). The lowest BCUT2D eigenvalue weighted by atomic mass is 10.1. The molecule has 0 saturated carbocycles. The first-order chi connectivity index (χ1) is 12.2. The van der Waals surface area contributed by atoms with Crippen molar-refractivity contribution in [1.82, 2.24) is 0 Å². The van der Waals surface area contributed by atoms with Crippen LogP contribution in [0.4, 0.5) is 28.9 Å². The lowest BCUT2D eigenvalue weighted by molar-refractivity contribution is -0.136. The van der Waals surface area contributed by atoms with Gasteiger partial charge in [0.25, 0.3) is 5.91 Å². The first kappa shape index (κ1) is 19.3. The molecule has 0 fully saturated rings. The number of anilines is 2. The third-order valence-electron chi connectivity index (χ3n) is 3.13. The Morgan fingerprint density at radius 2 is 1.81 bits per heavy atom. The van der Waals surface area contributed by atoms with Gasteiger partial charge in [0.05, 0.1) is 11.3 Å². The van der Waals surface area contributed by atoms with Crippen molar-refractivity contribution in [3.8, 4) is 6.07 Å². The average molecular weight is 384 g/mol. The summed E-state index contributed by atoms with van der Waals surface area (Å²) in [7, 11) is 0. The van der Waals surface area contributed by atoms with Crippen molar-refractivity contribution in [1.29, 1.82) is 5.26 Å². The Bertz CT molecular complexity index is 886. The molecule has 0 saturated heterocycles. The Balaban J connectivity index is 2.21. The number of hydrogen-bond acceptors (Lipinski definition) is 3. The van der Waals surface area contributed by atoms with Crippen LogP contribution in [-0.4, -0.2) is 5.91 Å². The van der Waals surface area contributed by atoms with Gasteiger partial charge in [0.1, 0.15) is 17.5 Å². The van der Waals surface area contributed by atoms with Crippen LogP contribution in [0, 0.1) is 17.1 Å². The maximum atomic E-state index is 13.0. The highest BCUT2D eigenvalue weighted by atomic mass is 35.5. The van der Waals surface area contributed by atoms with Crippen LogP contribution in [0.15, 0.2) is 54.2 Å². The van der Waals surface area contributed by atoms with E-state index >= 15 is 0 Å². The maximum absolute atomic E-state index is 13.0. The number of alkyl halides is 3. The Kier molecular flexibility index (Phi) is 5.85. The molecular formula is C17H10ClF4N3O. The predicted octanol–water partition coefficient (Wildman–Crippen LogP) is 4.96. The molecule has 0 radical (unpaired) electrons. The summed E-state index contributed by atoms with van der Waals surface area (Å²) in [5.74, 6) is -1.38. The minimum atomic E-state index is -4.68. The van der Waals surface area contributed by atoms with Gasteiger partial charge in [-0.25, -0.2) is 4.39 Å². The van der Waals surface area contributed by atoms with Crippen LogP contribution in [-0.2, 0) is 11.0 Å². The third kappa shape index (κ3) is 4.97. The molecule has 0 aliphatic carbocycles. The highest BCUT2D eigenvalue weighted by Crippen LogP contribution is 2.36. The zero-order chi connectivity index (χ0) is 19.3. The Morgan fingerprint density at radius 3 is 2.38 bits per heavy atom. The summed E-state index contributed by atoms with van der Waals surface area (Å²) in [6.45, 7) is 0. The number of nitrogens with zero attached hydrogens (tertiary/aromatic N) is 1. The molecule has 0 bridgehead atoms. The van der Waals surface area contributed by atoms with Gasteiger partial charge in [0, 0.05) is 16.9 Å². The number of amides is 1. The van der Waals surface area contributed by atoms with Crippen LogP contribution in [0.3, 0.4) is 0 Å². The van der Waals surface area contributed by atoms with E-state index in [9.17, 15) is 22.4 Å². The van der Waals surface area contributed by atoms with E-state index in [0.29, 0.717) is 0 Å². The van der Waals surface area contributed by atoms with E-state index in [-0.39, 0.29) is 16.4 Å². The Morgan fingerprint density at radius 1 is 1.15 bits per heavy atom. The van der Waals surface area contributed by atoms with E-state index in [4.69, 9.17) is 16.9 Å². The summed E-state index contributed by atoms with van der Waals surface area (Å²) >= 11 is 5.58. The zero-order valence-electron chi connectivity index (χ0n) is 12.9. The van der Waals surface area contributed by atoms with Crippen molar-refractivity contribution >= 4 is 28.9 Å². The van der Waals surface area contributed by atoms with Crippen LogP contribution in [0.25, 0.3) is 0 Å². The second-order valence-corrected chi connectivity index (χ2v) is 5.40. The summed E-state index contributed by atoms with van der Waals surface area (Å²) < 4.78 is 51.9. The molecule has 134 valence electrons. The molecule has 0 aliphatic rings. The molecule has 26 heavy (non-hydrogen) atoms. The highest BCUT2D eigenvalue weighted by molar-refractivity contribution is 6.30. The summed E-state index contributed by atoms with van der Waals surface area (Å²) in [6, 6.07) is 9.37. The first-order valence-corrected chi connectivity index (χ1v) is 7.39. The number of nitrogens with one attached hydrogen (secondary N) is 2. The van der Waals surface area contributed by atoms with E-state index in [0.717, 1.165) is 30.5 Å². The maximum Gasteiger partial charge on any atom is 0.418 e. The number of rotatable bonds is 4. The lowest BCUT2D eigenvalue weighted by Gasteiger charge is -2.13. The summed E-state index contributed by atoms with van der Waals surface area (Å²) in [6.07, 6.45) is -3.83. The molecule has 0 unspecified atom stereocenters. The van der Waals surface area contributed by atoms with Gasteiger partial charge in [-0.3, -0.25) is 4.79 Å². The van der Waals surface area contributed by atoms with Gasteiger partial charge in [0.15, 0.2) is 0 Å². The molecule has 0 atom stereocenters. The van der Waals surface area contributed by atoms with Crippen LogP contribution < -0.4 is 10.6 Å². The number of halogens is 5. The van der Waals surface area contributed by atoms with Crippen LogP contribution in [0.5, 0.6) is 0 Å². The molecule has 4 nitrogen and oxygen atoms in total. The van der Waals surface area contributed by atoms with Crippen molar-refractivity contribution < 1.29 is 22.4 Å². The average Bonchev–Trinajstić information content (AvgIpc) is 2.57. The topological polar surface area (TPSA) is 64.9 Å². The quantitative estimate of drug-likeness (QED) is 0.446. The number of nitriles is 1. The minimum absolute atomic E-state index is 0.110. The van der Waals surface area contributed by atoms with Gasteiger partial charge < -0.3 is 10.6 Å². The van der Waals surface area contributed by atoms with Crippen molar-refractivity contribution in [2.45, 2.75) is 6.18 Å². The second-order valence-electron chi connectivity index (χ2n) is 4.96. The predicted molar refractivity (Wildman–Crippen MR) is 88.8 cm³/mol. The monoisotopic (exact) mass is 383 g/mol. The molecular weight excluding hydrogens is 374 g/mol. The summed E-state index contributed by atoms with van der Waals surface area (Å²) in [5, 5.41) is 13.6. The summed E-state index contributed by atoms with van der Waals surface area (Å²) in [4.78, 5) is 12.0. The molecule has 0 heterocycles. The molecule has 2 aromatic rings. The van der Waals surface area contributed by atoms with Gasteiger partial charge in [0.2, 0.25) is 0 Å². The Labute approximate surface area is 150 Å². The molecule has 9 heteroatoms. The second kappa shape index (κ2) is 7.89. The highest BCUT2D eigenvalue weighted by Gasteiger charge is 2.33. The zero-order valence-corrected chi connectivity index (χ0v) is 13.6. The molecule has 1 amide bonds. The number of benzene rings is 2. The van der Waals surface area contributed by atoms with Crippen LogP contribution >= 0.6 is 11.6 Å². The SMILES string of the molecule is N#C/C(=C/Nc1ccc(Cl)cc1C(F)(F)F)C(=O)Nc1ccc(F)cc1. The standard InChI is InChI=1S/C17H10ClF4N3O/c18-11-1-6-15(14(7-11)17(20,21)22)24-9-10(8-23)16(26)25-13-4-2-12(19)3-5-13/h1-7,9,24H,(H,25,26)/b10-9-. The van der Waals surface area contributed by atoms with Gasteiger partial charge >= 0.3 is 6.18 Å². The van der Waals surface area contributed by atoms with Gasteiger partial charge in [-0.1, -0.05) is 11.6 Å². The summed E-state index contributed by atoms with van der Waals surface area (Å²) in [5.41, 5.74) is -1.67. The van der Waals surface area contributed by atoms with Crippen LogP contribution in [0.2, 0.25) is 5.02 Å². The minimum Gasteiger partial charge on any atom is -0.360 e. The van der Waals surface area contributed by atoms with Crippen molar-refractivity contribution in [2.24, 2.45) is 0 Å². The van der Waals surface area contributed by atoms with Gasteiger partial charge in [-0.15, -0.1) is 0 Å². The molecule has 2 aromatic carbocycles. The van der Waals surface area contributed by atoms with Gasteiger partial charge in [-0.05, 0) is 42.5 Å². The molecule has 0 spiro atoms. The largest absolute Gasteiger partial charge is 0.418 e. The van der Waals surface area contributed by atoms with E-state index < -0.39 is 29.0 Å². The fraction of sp³-hybridized carbons (Fsp3) is 0.0588. The lowest BCUT2D eigenvalue weighted by Crippen LogP contribution is -2.15. The van der Waals surface area contributed by atoms with Crippen molar-refractivity contribution in [3.05, 3.63) is 70.6 Å². The number of hydrogen-bond donors (Lipinski definition) is 2. The number of carbonyl (C=O) groups excluding carboxylic acids is 1. The fourth-order valence-electron chi connectivity index (χ4n) is 1.91. The smallest absolute Gasteiger partial charge is 0.360 e. The first-order valence-electron chi connectivity index (χ1n) is 7.01. The Hall–Kier alpha value is -3.05. The van der Waals surface area contributed by atoms with Crippen LogP contribution in [0.1, 0.15) is 5.56 Å². The van der Waals surface area contributed by atoms with E-state index in [1.165, 1.54) is 18.2 Å². The van der Waals surface area contributed by atoms with E-state index in [1.807, 2.05) is 0 Å². The van der Waals surface area contributed by atoms with E-state index in [2.05, 4.69) is 10.6 Å². The molecule has 0 aromatic heterocycles. The van der Waals surface area contributed by atoms with Crippen molar-refractivity contribution in [3.63, 3.8) is 0 Å².